The van der Waals surface area contributed by atoms with Crippen LogP contribution in [0.3, 0.4) is 0 Å². The van der Waals surface area contributed by atoms with Gasteiger partial charge in [-0.2, -0.15) is 0 Å². The summed E-state index contributed by atoms with van der Waals surface area (Å²) in [4.78, 5) is 37.4. The summed E-state index contributed by atoms with van der Waals surface area (Å²) in [5, 5.41) is 9.20. The van der Waals surface area contributed by atoms with Gasteiger partial charge in [-0.25, -0.2) is 4.98 Å². The van der Waals surface area contributed by atoms with E-state index in [9.17, 15) is 14.7 Å². The fraction of sp³-hybridized carbons (Fsp3) is 0.429. The van der Waals surface area contributed by atoms with Crippen molar-refractivity contribution in [3.8, 4) is 0 Å². The third-order valence-electron chi connectivity index (χ3n) is 5.45. The van der Waals surface area contributed by atoms with Crippen LogP contribution in [0, 0.1) is 0 Å². The van der Waals surface area contributed by atoms with E-state index in [0.29, 0.717) is 45.9 Å². The molecule has 0 saturated carbocycles. The standard InChI is InChI=1S/C21H25N5O3S2/c1-14(2)26-20(29)16(31-21(26)30)13-15-18(24-9-7-23(8-10-24)11-12-27)22-17-5-3-4-6-25(17)19(15)28/h3-6,13-14,27H,7-12H2,1-2H3. The van der Waals surface area contributed by atoms with Crippen LogP contribution in [-0.4, -0.2) is 79.9 Å². The van der Waals surface area contributed by atoms with E-state index in [4.69, 9.17) is 17.2 Å². The van der Waals surface area contributed by atoms with Crippen LogP contribution >= 0.6 is 24.0 Å². The van der Waals surface area contributed by atoms with E-state index < -0.39 is 0 Å². The lowest BCUT2D eigenvalue weighted by atomic mass is 10.2. The second-order valence-electron chi connectivity index (χ2n) is 7.78. The van der Waals surface area contributed by atoms with E-state index in [2.05, 4.69) is 9.80 Å². The maximum Gasteiger partial charge on any atom is 0.267 e. The summed E-state index contributed by atoms with van der Waals surface area (Å²) >= 11 is 6.60. The summed E-state index contributed by atoms with van der Waals surface area (Å²) in [6.45, 7) is 7.49. The molecule has 10 heteroatoms. The molecule has 2 aromatic heterocycles. The first-order chi connectivity index (χ1) is 14.9. The maximum atomic E-state index is 13.4. The molecule has 0 aliphatic carbocycles. The van der Waals surface area contributed by atoms with Crippen molar-refractivity contribution in [1.29, 1.82) is 0 Å². The predicted octanol–water partition coefficient (Wildman–Crippen LogP) is 1.42. The molecule has 1 amide bonds. The predicted molar refractivity (Wildman–Crippen MR) is 127 cm³/mol. The van der Waals surface area contributed by atoms with E-state index in [1.165, 1.54) is 16.2 Å². The third kappa shape index (κ3) is 4.25. The van der Waals surface area contributed by atoms with E-state index in [1.807, 2.05) is 19.9 Å². The highest BCUT2D eigenvalue weighted by atomic mass is 32.2. The van der Waals surface area contributed by atoms with E-state index in [1.54, 1.807) is 29.3 Å². The lowest BCUT2D eigenvalue weighted by Crippen LogP contribution is -2.48. The third-order valence-corrected chi connectivity index (χ3v) is 6.78. The molecule has 0 unspecified atom stereocenters. The molecule has 0 aromatic carbocycles. The van der Waals surface area contributed by atoms with Crippen LogP contribution in [0.2, 0.25) is 0 Å². The van der Waals surface area contributed by atoms with E-state index >= 15 is 0 Å². The number of piperazine rings is 1. The van der Waals surface area contributed by atoms with Gasteiger partial charge in [-0.3, -0.25) is 23.8 Å². The minimum Gasteiger partial charge on any atom is -0.395 e. The number of fused-ring (bicyclic) bond motifs is 1. The van der Waals surface area contributed by atoms with Crippen LogP contribution in [0.5, 0.6) is 0 Å². The zero-order valence-corrected chi connectivity index (χ0v) is 19.2. The molecule has 8 nitrogen and oxygen atoms in total. The number of aliphatic hydroxyl groups excluding tert-OH is 1. The van der Waals surface area contributed by atoms with Crippen molar-refractivity contribution in [2.75, 3.05) is 44.2 Å². The Balaban J connectivity index is 1.78. The Bertz CT molecular complexity index is 1110. The molecule has 4 heterocycles. The van der Waals surface area contributed by atoms with Gasteiger partial charge in [0.15, 0.2) is 0 Å². The zero-order valence-electron chi connectivity index (χ0n) is 17.5. The first kappa shape index (κ1) is 21.9. The Morgan fingerprint density at radius 2 is 1.97 bits per heavy atom. The van der Waals surface area contributed by atoms with Gasteiger partial charge in [0.2, 0.25) is 0 Å². The number of thiocarbonyl (C=S) groups is 1. The lowest BCUT2D eigenvalue weighted by molar-refractivity contribution is -0.123. The summed E-state index contributed by atoms with van der Waals surface area (Å²) in [5.74, 6) is 0.399. The fourth-order valence-corrected chi connectivity index (χ4v) is 5.34. The minimum atomic E-state index is -0.215. The molecule has 0 bridgehead atoms. The average molecular weight is 460 g/mol. The van der Waals surface area contributed by atoms with Crippen LogP contribution in [-0.2, 0) is 4.79 Å². The monoisotopic (exact) mass is 459 g/mol. The van der Waals surface area contributed by atoms with Crippen molar-refractivity contribution < 1.29 is 9.90 Å². The average Bonchev–Trinajstić information content (AvgIpc) is 3.04. The van der Waals surface area contributed by atoms with Gasteiger partial charge in [0.1, 0.15) is 15.8 Å². The molecule has 0 spiro atoms. The van der Waals surface area contributed by atoms with Crippen molar-refractivity contribution >= 4 is 51.7 Å². The van der Waals surface area contributed by atoms with Gasteiger partial charge in [0.05, 0.1) is 17.1 Å². The number of carbonyl (C=O) groups is 1. The van der Waals surface area contributed by atoms with Gasteiger partial charge < -0.3 is 10.0 Å². The maximum absolute atomic E-state index is 13.4. The van der Waals surface area contributed by atoms with E-state index in [-0.39, 0.29) is 24.1 Å². The van der Waals surface area contributed by atoms with Crippen molar-refractivity contribution in [2.45, 2.75) is 19.9 Å². The molecule has 164 valence electrons. The summed E-state index contributed by atoms with van der Waals surface area (Å²) < 4.78 is 2.00. The number of hydrogen-bond donors (Lipinski definition) is 1. The number of anilines is 1. The number of aliphatic hydroxyl groups is 1. The smallest absolute Gasteiger partial charge is 0.267 e. The summed E-state index contributed by atoms with van der Waals surface area (Å²) in [6.07, 6.45) is 3.33. The molecule has 0 atom stereocenters. The largest absolute Gasteiger partial charge is 0.395 e. The summed E-state index contributed by atoms with van der Waals surface area (Å²) in [7, 11) is 0. The van der Waals surface area contributed by atoms with Crippen LogP contribution in [0.15, 0.2) is 34.1 Å². The highest BCUT2D eigenvalue weighted by Crippen LogP contribution is 2.34. The van der Waals surface area contributed by atoms with Gasteiger partial charge in [0, 0.05) is 45.0 Å². The number of nitrogens with zero attached hydrogens (tertiary/aromatic N) is 5. The molecule has 4 rings (SSSR count). The highest BCUT2D eigenvalue weighted by molar-refractivity contribution is 8.26. The number of rotatable bonds is 5. The van der Waals surface area contributed by atoms with Gasteiger partial charge in [-0.15, -0.1) is 0 Å². The van der Waals surface area contributed by atoms with Gasteiger partial charge in [-0.1, -0.05) is 30.0 Å². The van der Waals surface area contributed by atoms with Crippen molar-refractivity contribution in [1.82, 2.24) is 19.2 Å². The summed E-state index contributed by atoms with van der Waals surface area (Å²) in [5.41, 5.74) is 0.740. The number of carbonyl (C=O) groups excluding carboxylic acids is 1. The van der Waals surface area contributed by atoms with Crippen molar-refractivity contribution in [3.63, 3.8) is 0 Å². The van der Waals surface area contributed by atoms with Crippen molar-refractivity contribution in [2.24, 2.45) is 0 Å². The number of pyridine rings is 1. The molecule has 31 heavy (non-hydrogen) atoms. The van der Waals surface area contributed by atoms with Crippen LogP contribution in [0.4, 0.5) is 5.82 Å². The molecule has 0 radical (unpaired) electrons. The SMILES string of the molecule is CC(C)N1C(=O)C(=Cc2c(N3CCN(CCO)CC3)nc3ccccn3c2=O)SC1=S. The quantitative estimate of drug-likeness (QED) is 0.531. The highest BCUT2D eigenvalue weighted by Gasteiger charge is 2.34. The Morgan fingerprint density at radius 1 is 1.23 bits per heavy atom. The van der Waals surface area contributed by atoms with Gasteiger partial charge >= 0.3 is 0 Å². The van der Waals surface area contributed by atoms with Gasteiger partial charge in [0.25, 0.3) is 11.5 Å². The molecule has 2 saturated heterocycles. The second-order valence-corrected chi connectivity index (χ2v) is 9.46. The Hall–Kier alpha value is -2.27. The van der Waals surface area contributed by atoms with Gasteiger partial charge in [-0.05, 0) is 32.1 Å². The zero-order chi connectivity index (χ0) is 22.1. The summed E-state index contributed by atoms with van der Waals surface area (Å²) in [6, 6.07) is 5.38. The molecular formula is C21H25N5O3S2. The van der Waals surface area contributed by atoms with Crippen LogP contribution in [0.25, 0.3) is 11.7 Å². The minimum absolute atomic E-state index is 0.0479. The first-order valence-electron chi connectivity index (χ1n) is 10.3. The molecule has 2 aliphatic heterocycles. The second kappa shape index (κ2) is 9.07. The molecule has 1 N–H and O–H groups in total. The normalized spacial score (nSPS) is 19.4. The van der Waals surface area contributed by atoms with Crippen LogP contribution < -0.4 is 10.5 Å². The number of β-amino-alcohol motifs (C(OH)–C–C–N with tert-alkyl or cyclic N) is 1. The first-order valence-corrected chi connectivity index (χ1v) is 11.5. The Kier molecular flexibility index (Phi) is 6.42. The van der Waals surface area contributed by atoms with Crippen LogP contribution in [0.1, 0.15) is 19.4 Å². The number of aromatic nitrogens is 2. The molecular weight excluding hydrogens is 434 g/mol. The number of thioether (sulfide) groups is 1. The number of amides is 1. The van der Waals surface area contributed by atoms with E-state index in [0.717, 1.165) is 13.1 Å². The molecule has 2 aliphatic rings. The Labute approximate surface area is 190 Å². The van der Waals surface area contributed by atoms with Crippen molar-refractivity contribution in [3.05, 3.63) is 45.2 Å². The molecule has 2 aromatic rings. The fourth-order valence-electron chi connectivity index (χ4n) is 3.84. The molecule has 2 fully saturated rings. The topological polar surface area (TPSA) is 81.4 Å². The Morgan fingerprint density at radius 3 is 2.61 bits per heavy atom. The lowest BCUT2D eigenvalue weighted by Gasteiger charge is -2.35. The number of hydrogen-bond acceptors (Lipinski definition) is 8.